The number of aromatic nitrogens is 1. The minimum atomic E-state index is -0.278. The number of rotatable bonds is 5. The molecule has 1 saturated carbocycles. The molecule has 3 rings (SSSR count). The Morgan fingerprint density at radius 3 is 2.89 bits per heavy atom. The van der Waals surface area contributed by atoms with E-state index < -0.39 is 0 Å². The summed E-state index contributed by atoms with van der Waals surface area (Å²) in [7, 11) is 0. The fourth-order valence-electron chi connectivity index (χ4n) is 2.12. The molecule has 2 aromatic rings. The van der Waals surface area contributed by atoms with Crippen molar-refractivity contribution in [1.82, 2.24) is 4.98 Å². The van der Waals surface area contributed by atoms with E-state index in [1.807, 2.05) is 5.38 Å². The summed E-state index contributed by atoms with van der Waals surface area (Å²) < 4.78 is 14.4. The van der Waals surface area contributed by atoms with Crippen molar-refractivity contribution in [3.63, 3.8) is 0 Å². The molecule has 0 saturated heterocycles. The molecule has 0 bridgehead atoms. The number of alkyl halides is 1. The first-order valence-electron chi connectivity index (χ1n) is 6.26. The lowest BCUT2D eigenvalue weighted by atomic mass is 10.2. The van der Waals surface area contributed by atoms with E-state index in [2.05, 4.69) is 21.3 Å². The number of halogens is 2. The Balaban J connectivity index is 1.92. The van der Waals surface area contributed by atoms with Crippen LogP contribution in [0, 0.1) is 5.82 Å². The molecular formula is C14H14ClFN2S. The summed E-state index contributed by atoms with van der Waals surface area (Å²) in [6, 6.07) is 4.12. The quantitative estimate of drug-likeness (QED) is 0.769. The van der Waals surface area contributed by atoms with Crippen LogP contribution in [0.1, 0.15) is 24.0 Å². The van der Waals surface area contributed by atoms with Crippen molar-refractivity contribution in [2.75, 3.05) is 4.90 Å². The van der Waals surface area contributed by atoms with E-state index in [1.54, 1.807) is 23.6 Å². The smallest absolute Gasteiger partial charge is 0.170 e. The van der Waals surface area contributed by atoms with Gasteiger partial charge in [-0.05, 0) is 41.3 Å². The second kappa shape index (κ2) is 5.47. The molecule has 0 atom stereocenters. The van der Waals surface area contributed by atoms with E-state index in [4.69, 9.17) is 11.6 Å². The molecule has 0 amide bonds. The number of anilines is 1. The first kappa shape index (κ1) is 12.9. The summed E-state index contributed by atoms with van der Waals surface area (Å²) in [6.45, 7) is 0.712. The van der Waals surface area contributed by atoms with Gasteiger partial charge in [-0.25, -0.2) is 9.37 Å². The van der Waals surface area contributed by atoms with Gasteiger partial charge in [0, 0.05) is 24.3 Å². The summed E-state index contributed by atoms with van der Waals surface area (Å²) in [6.07, 6.45) is 3.85. The maximum Gasteiger partial charge on any atom is 0.170 e. The Morgan fingerprint density at radius 1 is 1.42 bits per heavy atom. The Bertz CT molecular complexity index is 555. The van der Waals surface area contributed by atoms with Gasteiger partial charge in [-0.3, -0.25) is 0 Å². The van der Waals surface area contributed by atoms with Crippen molar-refractivity contribution in [3.8, 4) is 0 Å². The molecule has 0 aliphatic heterocycles. The van der Waals surface area contributed by atoms with Gasteiger partial charge < -0.3 is 4.90 Å². The monoisotopic (exact) mass is 296 g/mol. The molecule has 19 heavy (non-hydrogen) atoms. The van der Waals surface area contributed by atoms with Crippen LogP contribution in [0.25, 0.3) is 0 Å². The molecule has 0 unspecified atom stereocenters. The van der Waals surface area contributed by atoms with Crippen LogP contribution < -0.4 is 4.90 Å². The number of nitrogens with zero attached hydrogens (tertiary/aromatic N) is 2. The molecule has 0 spiro atoms. The van der Waals surface area contributed by atoms with Crippen LogP contribution >= 0.6 is 22.9 Å². The number of thiophene rings is 1. The van der Waals surface area contributed by atoms with Crippen LogP contribution in [0.3, 0.4) is 0 Å². The zero-order valence-corrected chi connectivity index (χ0v) is 11.9. The molecule has 5 heteroatoms. The lowest BCUT2D eigenvalue weighted by Crippen LogP contribution is -2.27. The summed E-state index contributed by atoms with van der Waals surface area (Å²) in [5.41, 5.74) is 1.72. The first-order chi connectivity index (χ1) is 9.29. The Labute approximate surface area is 120 Å². The van der Waals surface area contributed by atoms with Crippen molar-refractivity contribution in [2.24, 2.45) is 0 Å². The van der Waals surface area contributed by atoms with Crippen LogP contribution in [-0.4, -0.2) is 11.0 Å². The highest BCUT2D eigenvalue weighted by Gasteiger charge is 2.32. The third-order valence-corrected chi connectivity index (χ3v) is 4.31. The average Bonchev–Trinajstić information content (AvgIpc) is 3.14. The summed E-state index contributed by atoms with van der Waals surface area (Å²) >= 11 is 7.42. The van der Waals surface area contributed by atoms with Crippen molar-refractivity contribution >= 4 is 28.8 Å². The molecule has 0 N–H and O–H groups in total. The fraction of sp³-hybridized carbons (Fsp3) is 0.357. The minimum absolute atomic E-state index is 0.179. The van der Waals surface area contributed by atoms with E-state index in [-0.39, 0.29) is 11.7 Å². The molecule has 0 radical (unpaired) electrons. The Hall–Kier alpha value is -1.13. The predicted molar refractivity (Wildman–Crippen MR) is 77.3 cm³/mol. The Morgan fingerprint density at radius 2 is 2.26 bits per heavy atom. The lowest BCUT2D eigenvalue weighted by molar-refractivity contribution is 0.596. The van der Waals surface area contributed by atoms with Gasteiger partial charge in [-0.15, -0.1) is 11.6 Å². The summed E-state index contributed by atoms with van der Waals surface area (Å²) in [4.78, 5) is 6.29. The molecule has 1 aliphatic carbocycles. The third-order valence-electron chi connectivity index (χ3n) is 3.29. The normalized spacial score (nSPS) is 14.6. The van der Waals surface area contributed by atoms with E-state index in [0.29, 0.717) is 24.0 Å². The molecule has 2 nitrogen and oxygen atoms in total. The van der Waals surface area contributed by atoms with E-state index >= 15 is 0 Å². The highest BCUT2D eigenvalue weighted by molar-refractivity contribution is 7.07. The average molecular weight is 297 g/mol. The van der Waals surface area contributed by atoms with Crippen molar-refractivity contribution in [2.45, 2.75) is 31.3 Å². The highest BCUT2D eigenvalue weighted by Crippen LogP contribution is 2.34. The second-order valence-corrected chi connectivity index (χ2v) is 5.78. The van der Waals surface area contributed by atoms with Gasteiger partial charge >= 0.3 is 0 Å². The maximum atomic E-state index is 14.4. The number of hydrogen-bond acceptors (Lipinski definition) is 3. The van der Waals surface area contributed by atoms with Gasteiger partial charge in [-0.2, -0.15) is 11.3 Å². The van der Waals surface area contributed by atoms with Crippen molar-refractivity contribution in [3.05, 3.63) is 46.0 Å². The van der Waals surface area contributed by atoms with Gasteiger partial charge in [0.05, 0.1) is 5.88 Å². The van der Waals surface area contributed by atoms with E-state index in [0.717, 1.165) is 12.8 Å². The van der Waals surface area contributed by atoms with Gasteiger partial charge in [0.2, 0.25) is 0 Å². The van der Waals surface area contributed by atoms with Crippen LogP contribution in [0.5, 0.6) is 0 Å². The van der Waals surface area contributed by atoms with Gasteiger partial charge in [0.15, 0.2) is 11.6 Å². The van der Waals surface area contributed by atoms with Crippen LogP contribution in [0.2, 0.25) is 0 Å². The maximum absolute atomic E-state index is 14.4. The standard InChI is InChI=1S/C14H14ClFN2S/c15-7-11-3-5-17-14(13(11)16)18(12-1-2-12)8-10-4-6-19-9-10/h3-6,9,12H,1-2,7-8H2. The number of hydrogen-bond donors (Lipinski definition) is 0. The lowest BCUT2D eigenvalue weighted by Gasteiger charge is -2.24. The first-order valence-corrected chi connectivity index (χ1v) is 7.74. The Kier molecular flexibility index (Phi) is 3.71. The van der Waals surface area contributed by atoms with Crippen LogP contribution in [-0.2, 0) is 12.4 Å². The summed E-state index contributed by atoms with van der Waals surface area (Å²) in [5, 5.41) is 4.14. The van der Waals surface area contributed by atoms with Crippen LogP contribution in [0.4, 0.5) is 10.2 Å². The molecule has 2 heterocycles. The van der Waals surface area contributed by atoms with Gasteiger partial charge in [0.1, 0.15) is 0 Å². The predicted octanol–water partition coefficient (Wildman–Crippen LogP) is 4.19. The fourth-order valence-corrected chi connectivity index (χ4v) is 2.98. The van der Waals surface area contributed by atoms with E-state index in [1.165, 1.54) is 5.56 Å². The summed E-state index contributed by atoms with van der Waals surface area (Å²) in [5.74, 6) is 0.338. The molecular weight excluding hydrogens is 283 g/mol. The van der Waals surface area contributed by atoms with E-state index in [9.17, 15) is 4.39 Å². The van der Waals surface area contributed by atoms with Crippen LogP contribution in [0.15, 0.2) is 29.1 Å². The topological polar surface area (TPSA) is 16.1 Å². The zero-order valence-electron chi connectivity index (χ0n) is 10.4. The largest absolute Gasteiger partial charge is 0.347 e. The van der Waals surface area contributed by atoms with Crippen molar-refractivity contribution in [1.29, 1.82) is 0 Å². The molecule has 100 valence electrons. The minimum Gasteiger partial charge on any atom is -0.347 e. The SMILES string of the molecule is Fc1c(CCl)ccnc1N(Cc1ccsc1)C1CC1. The zero-order chi connectivity index (χ0) is 13.2. The number of pyridine rings is 1. The molecule has 0 aromatic carbocycles. The van der Waals surface area contributed by atoms with Gasteiger partial charge in [-0.1, -0.05) is 0 Å². The second-order valence-electron chi connectivity index (χ2n) is 4.73. The van der Waals surface area contributed by atoms with Crippen molar-refractivity contribution < 1.29 is 4.39 Å². The molecule has 1 aliphatic rings. The highest BCUT2D eigenvalue weighted by atomic mass is 35.5. The molecule has 2 aromatic heterocycles. The third kappa shape index (κ3) is 2.74. The van der Waals surface area contributed by atoms with Gasteiger partial charge in [0.25, 0.3) is 0 Å². The molecule has 1 fully saturated rings.